The average Bonchev–Trinajstić information content (AvgIpc) is 3.15. The van der Waals surface area contributed by atoms with Crippen LogP contribution in [0.2, 0.25) is 0 Å². The molecule has 2 aromatic carbocycles. The molecule has 17 heteroatoms. The van der Waals surface area contributed by atoms with Crippen molar-refractivity contribution in [2.45, 2.75) is 65.6 Å². The smallest absolute Gasteiger partial charge is 0.346 e. The molecule has 0 spiro atoms. The van der Waals surface area contributed by atoms with Crippen LogP contribution in [0.15, 0.2) is 47.4 Å². The van der Waals surface area contributed by atoms with Gasteiger partial charge in [0.25, 0.3) is 0 Å². The molecule has 1 heterocycles. The maximum Gasteiger partial charge on any atom is 0.435 e. The normalized spacial score (nSPS) is 22.1. The first kappa shape index (κ1) is 33.0. The largest absolute Gasteiger partial charge is 0.435 e. The third-order valence-corrected chi connectivity index (χ3v) is 10.4. The van der Waals surface area contributed by atoms with Crippen molar-refractivity contribution in [3.05, 3.63) is 65.0 Å². The Labute approximate surface area is 238 Å². The zero-order valence-corrected chi connectivity index (χ0v) is 22.6. The van der Waals surface area contributed by atoms with E-state index in [-0.39, 0.29) is 49.4 Å². The van der Waals surface area contributed by atoms with Crippen molar-refractivity contribution in [2.24, 2.45) is 0 Å². The molecule has 2 aliphatic rings. The van der Waals surface area contributed by atoms with Gasteiger partial charge in [0.15, 0.2) is 9.84 Å². The summed E-state index contributed by atoms with van der Waals surface area (Å²) >= 11 is 0. The summed E-state index contributed by atoms with van der Waals surface area (Å²) in [5.41, 5.74) is -8.14. The minimum atomic E-state index is -6.42. The lowest BCUT2D eigenvalue weighted by atomic mass is 9.84. The maximum atomic E-state index is 14.9. The lowest BCUT2D eigenvalue weighted by Crippen LogP contribution is -2.51. The molecule has 43 heavy (non-hydrogen) atoms. The van der Waals surface area contributed by atoms with Crippen molar-refractivity contribution in [2.75, 3.05) is 19.6 Å². The Morgan fingerprint density at radius 1 is 0.930 bits per heavy atom. The number of benzene rings is 2. The summed E-state index contributed by atoms with van der Waals surface area (Å²) in [4.78, 5) is 13.2. The molecule has 1 aliphatic heterocycles. The van der Waals surface area contributed by atoms with E-state index in [4.69, 9.17) is 0 Å². The number of sulfone groups is 1. The van der Waals surface area contributed by atoms with Crippen LogP contribution in [0, 0.1) is 5.82 Å². The highest BCUT2D eigenvalue weighted by Gasteiger charge is 2.73. The Morgan fingerprint density at radius 2 is 1.53 bits per heavy atom. The number of amides is 1. The minimum Gasteiger partial charge on any atom is -0.346 e. The molecule has 1 aliphatic carbocycles. The van der Waals surface area contributed by atoms with Crippen LogP contribution < -0.4 is 5.32 Å². The van der Waals surface area contributed by atoms with E-state index in [9.17, 15) is 61.5 Å². The van der Waals surface area contributed by atoms with Gasteiger partial charge in [-0.3, -0.25) is 9.69 Å². The van der Waals surface area contributed by atoms with Crippen LogP contribution in [0.3, 0.4) is 0 Å². The van der Waals surface area contributed by atoms with Crippen LogP contribution in [-0.2, 0) is 31.5 Å². The number of rotatable bonds is 6. The SMILES string of the molecule is O=C(CN1CC[C@@]2(S(=O)(=O)c3ccc(F)cc3)c3ccc(C(F)(C(F)(F)F)C(F)(F)F)cc3CCC[C@@H]12)NCC(F)(F)F. The molecule has 2 atom stereocenters. The van der Waals surface area contributed by atoms with E-state index in [0.717, 1.165) is 24.3 Å². The second-order valence-electron chi connectivity index (χ2n) is 10.4. The predicted octanol–water partition coefficient (Wildman–Crippen LogP) is 5.87. The number of hydrogen-bond donors (Lipinski definition) is 1. The Bertz CT molecular complexity index is 1460. The van der Waals surface area contributed by atoms with Crippen molar-refractivity contribution in [1.82, 2.24) is 10.2 Å². The number of hydrogen-bond acceptors (Lipinski definition) is 4. The summed E-state index contributed by atoms with van der Waals surface area (Å²) in [6.07, 6.45) is -18.4. The topological polar surface area (TPSA) is 66.5 Å². The molecule has 5 nitrogen and oxygen atoms in total. The van der Waals surface area contributed by atoms with Gasteiger partial charge in [0.2, 0.25) is 5.91 Å². The van der Waals surface area contributed by atoms with E-state index in [1.165, 1.54) is 4.90 Å². The molecule has 1 amide bonds. The Hall–Kier alpha value is -2.95. The number of likely N-dealkylation sites (tertiary alicyclic amines) is 1. The highest BCUT2D eigenvalue weighted by molar-refractivity contribution is 7.92. The summed E-state index contributed by atoms with van der Waals surface area (Å²) in [6.45, 7) is -2.59. The van der Waals surface area contributed by atoms with Crippen LogP contribution in [-0.4, -0.2) is 63.4 Å². The van der Waals surface area contributed by atoms with Crippen molar-refractivity contribution < 1.29 is 61.5 Å². The average molecular weight is 653 g/mol. The van der Waals surface area contributed by atoms with E-state index in [0.29, 0.717) is 12.1 Å². The van der Waals surface area contributed by atoms with Crippen LogP contribution >= 0.6 is 0 Å². The zero-order valence-electron chi connectivity index (χ0n) is 21.8. The van der Waals surface area contributed by atoms with Gasteiger partial charge < -0.3 is 5.32 Å². The molecule has 0 unspecified atom stereocenters. The second kappa shape index (κ2) is 10.9. The lowest BCUT2D eigenvalue weighted by Gasteiger charge is -2.38. The van der Waals surface area contributed by atoms with E-state index < -0.39 is 80.1 Å². The fourth-order valence-corrected chi connectivity index (χ4v) is 8.36. The minimum absolute atomic E-state index is 0.0419. The van der Waals surface area contributed by atoms with Crippen LogP contribution in [0.1, 0.15) is 36.0 Å². The molecule has 2 aromatic rings. The van der Waals surface area contributed by atoms with Gasteiger partial charge in [-0.05, 0) is 61.1 Å². The number of nitrogens with one attached hydrogen (secondary N) is 1. The summed E-state index contributed by atoms with van der Waals surface area (Å²) in [5, 5.41) is 1.67. The quantitative estimate of drug-likeness (QED) is 0.313. The fraction of sp³-hybridized carbons (Fsp3) is 0.500. The zero-order chi connectivity index (χ0) is 32.2. The molecule has 0 bridgehead atoms. The van der Waals surface area contributed by atoms with Gasteiger partial charge in [0.1, 0.15) is 17.1 Å². The van der Waals surface area contributed by atoms with Crippen LogP contribution in [0.25, 0.3) is 0 Å². The number of halogens is 11. The molecule has 0 radical (unpaired) electrons. The van der Waals surface area contributed by atoms with Gasteiger partial charge in [0.05, 0.1) is 11.4 Å². The van der Waals surface area contributed by atoms with Crippen molar-refractivity contribution >= 4 is 15.7 Å². The van der Waals surface area contributed by atoms with E-state index in [1.807, 2.05) is 0 Å². The highest BCUT2D eigenvalue weighted by atomic mass is 32.2. The number of nitrogens with zero attached hydrogens (tertiary/aromatic N) is 1. The number of fused-ring (bicyclic) bond motifs is 3. The summed E-state index contributed by atoms with van der Waals surface area (Å²) in [5.74, 6) is -1.92. The van der Waals surface area contributed by atoms with Crippen molar-refractivity contribution in [1.29, 1.82) is 0 Å². The maximum absolute atomic E-state index is 14.9. The second-order valence-corrected chi connectivity index (χ2v) is 12.6. The van der Waals surface area contributed by atoms with Crippen LogP contribution in [0.4, 0.5) is 48.3 Å². The van der Waals surface area contributed by atoms with Crippen molar-refractivity contribution in [3.8, 4) is 0 Å². The molecule has 1 saturated heterocycles. The predicted molar refractivity (Wildman–Crippen MR) is 129 cm³/mol. The third-order valence-electron chi connectivity index (χ3n) is 7.85. The molecule has 238 valence electrons. The lowest BCUT2D eigenvalue weighted by molar-refractivity contribution is -0.348. The van der Waals surface area contributed by atoms with Gasteiger partial charge in [-0.1, -0.05) is 18.2 Å². The first-order valence-corrected chi connectivity index (χ1v) is 14.2. The van der Waals surface area contributed by atoms with Gasteiger partial charge >= 0.3 is 24.2 Å². The van der Waals surface area contributed by atoms with Gasteiger partial charge in [-0.15, -0.1) is 0 Å². The third kappa shape index (κ3) is 5.69. The van der Waals surface area contributed by atoms with Gasteiger partial charge in [-0.2, -0.15) is 39.5 Å². The Balaban J connectivity index is 1.88. The molecule has 4 rings (SSSR count). The highest BCUT2D eigenvalue weighted by Crippen LogP contribution is 2.56. The number of carbonyl (C=O) groups excluding carboxylic acids is 1. The van der Waals surface area contributed by atoms with Gasteiger partial charge in [-0.25, -0.2) is 17.2 Å². The molecule has 0 aromatic heterocycles. The molecule has 1 fully saturated rings. The molecular weight excluding hydrogens is 629 g/mol. The summed E-state index contributed by atoms with van der Waals surface area (Å²) < 4.78 is 174. The van der Waals surface area contributed by atoms with Crippen LogP contribution in [0.5, 0.6) is 0 Å². The molecule has 1 N–H and O–H groups in total. The summed E-state index contributed by atoms with van der Waals surface area (Å²) in [6, 6.07) is 3.50. The number of alkyl halides is 10. The summed E-state index contributed by atoms with van der Waals surface area (Å²) in [7, 11) is -4.68. The molecular formula is C26H23F11N2O3S. The molecule has 0 saturated carbocycles. The Morgan fingerprint density at radius 3 is 2.09 bits per heavy atom. The first-order chi connectivity index (χ1) is 19.6. The monoisotopic (exact) mass is 652 g/mol. The Kier molecular flexibility index (Phi) is 8.35. The standard InChI is InChI=1S/C26H23F11N2O3S/c27-17-5-7-18(8-6-17)43(41,42)22-10-11-39(13-21(40)38-14-23(28,29)30)20(22)3-1-2-15-12-16(4-9-19(15)22)24(31,25(32,33)34)26(35,36)37/h4-9,12,20H,1-3,10-11,13-14H2,(H,38,40)/t20-,22-/m1/s1. The number of aryl methyl sites for hydroxylation is 1. The first-order valence-electron chi connectivity index (χ1n) is 12.7. The van der Waals surface area contributed by atoms with Crippen molar-refractivity contribution in [3.63, 3.8) is 0 Å². The van der Waals surface area contributed by atoms with E-state index in [2.05, 4.69) is 0 Å². The van der Waals surface area contributed by atoms with E-state index >= 15 is 0 Å². The number of carbonyl (C=O) groups is 1. The van der Waals surface area contributed by atoms with Gasteiger partial charge in [0, 0.05) is 18.2 Å². The fourth-order valence-electron chi connectivity index (χ4n) is 5.97. The van der Waals surface area contributed by atoms with E-state index in [1.54, 1.807) is 5.32 Å².